The summed E-state index contributed by atoms with van der Waals surface area (Å²) in [6.45, 7) is 2.16. The van der Waals surface area contributed by atoms with Crippen molar-refractivity contribution in [1.29, 1.82) is 0 Å². The highest BCUT2D eigenvalue weighted by molar-refractivity contribution is 7.99. The molecule has 2 fully saturated rings. The highest BCUT2D eigenvalue weighted by atomic mass is 32.2. The Kier molecular flexibility index (Phi) is 4.36. The zero-order valence-electron chi connectivity index (χ0n) is 12.3. The van der Waals surface area contributed by atoms with Crippen molar-refractivity contribution in [1.82, 2.24) is 10.1 Å². The molecule has 0 bridgehead atoms. The Morgan fingerprint density at radius 2 is 2.05 bits per heavy atom. The van der Waals surface area contributed by atoms with E-state index < -0.39 is 0 Å². The standard InChI is InChI=1S/C15H25N3OS/c1-15(9-5-8-12(15)16)14-17-13(18-19-14)10-20-11-6-3-2-4-7-11/h11-12H,2-10,16H2,1H3. The van der Waals surface area contributed by atoms with E-state index in [9.17, 15) is 0 Å². The van der Waals surface area contributed by atoms with Crippen LogP contribution in [0.5, 0.6) is 0 Å². The Balaban J connectivity index is 1.59. The quantitative estimate of drug-likeness (QED) is 0.922. The minimum Gasteiger partial charge on any atom is -0.339 e. The lowest BCUT2D eigenvalue weighted by atomic mass is 9.85. The van der Waals surface area contributed by atoms with E-state index in [1.165, 1.54) is 32.1 Å². The molecule has 2 aliphatic rings. The number of rotatable bonds is 4. The van der Waals surface area contributed by atoms with Gasteiger partial charge in [0.15, 0.2) is 5.82 Å². The lowest BCUT2D eigenvalue weighted by Gasteiger charge is -2.23. The summed E-state index contributed by atoms with van der Waals surface area (Å²) < 4.78 is 5.51. The molecule has 1 aromatic rings. The van der Waals surface area contributed by atoms with Gasteiger partial charge in [-0.1, -0.05) is 30.8 Å². The third kappa shape index (κ3) is 2.89. The van der Waals surface area contributed by atoms with Crippen molar-refractivity contribution in [2.45, 2.75) is 80.7 Å². The van der Waals surface area contributed by atoms with Crippen molar-refractivity contribution < 1.29 is 4.52 Å². The molecule has 20 heavy (non-hydrogen) atoms. The van der Waals surface area contributed by atoms with Gasteiger partial charge in [0.1, 0.15) is 0 Å². The molecule has 0 saturated heterocycles. The van der Waals surface area contributed by atoms with Gasteiger partial charge in [0.25, 0.3) is 0 Å². The second-order valence-electron chi connectivity index (χ2n) is 6.50. The summed E-state index contributed by atoms with van der Waals surface area (Å²) in [5, 5.41) is 4.95. The van der Waals surface area contributed by atoms with Crippen molar-refractivity contribution in [3.8, 4) is 0 Å². The van der Waals surface area contributed by atoms with Crippen LogP contribution < -0.4 is 5.73 Å². The average molecular weight is 295 g/mol. The molecule has 5 heteroatoms. The normalized spacial score (nSPS) is 31.8. The molecule has 1 heterocycles. The fourth-order valence-electron chi connectivity index (χ4n) is 3.43. The number of hydrogen-bond acceptors (Lipinski definition) is 5. The van der Waals surface area contributed by atoms with E-state index in [0.29, 0.717) is 0 Å². The molecule has 112 valence electrons. The second-order valence-corrected chi connectivity index (χ2v) is 7.79. The predicted octanol–water partition coefficient (Wildman–Crippen LogP) is 3.40. The molecule has 2 aliphatic carbocycles. The Hall–Kier alpha value is -0.550. The maximum Gasteiger partial charge on any atom is 0.234 e. The highest BCUT2D eigenvalue weighted by Crippen LogP contribution is 2.39. The molecule has 2 N–H and O–H groups in total. The van der Waals surface area contributed by atoms with E-state index >= 15 is 0 Å². The molecule has 3 rings (SSSR count). The van der Waals surface area contributed by atoms with Gasteiger partial charge in [-0.25, -0.2) is 0 Å². The van der Waals surface area contributed by atoms with Crippen molar-refractivity contribution in [3.05, 3.63) is 11.7 Å². The van der Waals surface area contributed by atoms with Gasteiger partial charge in [-0.3, -0.25) is 0 Å². The van der Waals surface area contributed by atoms with Crippen molar-refractivity contribution in [2.24, 2.45) is 5.73 Å². The van der Waals surface area contributed by atoms with Gasteiger partial charge in [0.2, 0.25) is 5.89 Å². The van der Waals surface area contributed by atoms with Gasteiger partial charge >= 0.3 is 0 Å². The van der Waals surface area contributed by atoms with E-state index in [1.54, 1.807) is 0 Å². The first-order valence-electron chi connectivity index (χ1n) is 7.89. The Bertz CT molecular complexity index is 444. The van der Waals surface area contributed by atoms with E-state index in [0.717, 1.165) is 42.0 Å². The summed E-state index contributed by atoms with van der Waals surface area (Å²) in [6.07, 6.45) is 10.1. The maximum atomic E-state index is 6.21. The fourth-order valence-corrected chi connectivity index (χ4v) is 4.60. The molecular weight excluding hydrogens is 270 g/mol. The van der Waals surface area contributed by atoms with Crippen LogP contribution in [-0.4, -0.2) is 21.4 Å². The lowest BCUT2D eigenvalue weighted by Crippen LogP contribution is -2.38. The molecule has 2 atom stereocenters. The van der Waals surface area contributed by atoms with Gasteiger partial charge in [-0.05, 0) is 32.6 Å². The monoisotopic (exact) mass is 295 g/mol. The van der Waals surface area contributed by atoms with Crippen LogP contribution in [-0.2, 0) is 11.2 Å². The summed E-state index contributed by atoms with van der Waals surface area (Å²) >= 11 is 1.99. The molecule has 0 aliphatic heterocycles. The third-order valence-electron chi connectivity index (χ3n) is 4.99. The van der Waals surface area contributed by atoms with Crippen LogP contribution in [0.2, 0.25) is 0 Å². The SMILES string of the molecule is CC1(c2nc(CSC3CCCCC3)no2)CCCC1N. The smallest absolute Gasteiger partial charge is 0.234 e. The van der Waals surface area contributed by atoms with Crippen molar-refractivity contribution in [3.63, 3.8) is 0 Å². The summed E-state index contributed by atoms with van der Waals surface area (Å²) in [7, 11) is 0. The van der Waals surface area contributed by atoms with Gasteiger partial charge in [-0.15, -0.1) is 0 Å². The Morgan fingerprint density at radius 3 is 2.75 bits per heavy atom. The fraction of sp³-hybridized carbons (Fsp3) is 0.867. The molecule has 0 spiro atoms. The first-order chi connectivity index (χ1) is 9.68. The zero-order valence-corrected chi connectivity index (χ0v) is 13.1. The molecule has 1 aromatic heterocycles. The summed E-state index contributed by atoms with van der Waals surface area (Å²) in [5.41, 5.74) is 6.10. The molecule has 0 aromatic carbocycles. The van der Waals surface area contributed by atoms with Gasteiger partial charge < -0.3 is 10.3 Å². The first kappa shape index (κ1) is 14.4. The average Bonchev–Trinajstić information content (AvgIpc) is 3.07. The Morgan fingerprint density at radius 1 is 1.25 bits per heavy atom. The number of nitrogens with zero attached hydrogens (tertiary/aromatic N) is 2. The first-order valence-corrected chi connectivity index (χ1v) is 8.93. The summed E-state index contributed by atoms with van der Waals surface area (Å²) in [5.74, 6) is 2.47. The minimum absolute atomic E-state index is 0.110. The van der Waals surface area contributed by atoms with Crippen molar-refractivity contribution >= 4 is 11.8 Å². The van der Waals surface area contributed by atoms with E-state index in [4.69, 9.17) is 10.3 Å². The van der Waals surface area contributed by atoms with Crippen LogP contribution in [0.1, 0.15) is 70.0 Å². The van der Waals surface area contributed by atoms with Crippen LogP contribution in [0.25, 0.3) is 0 Å². The third-order valence-corrected chi connectivity index (χ3v) is 6.35. The van der Waals surface area contributed by atoms with E-state index in [2.05, 4.69) is 17.1 Å². The second kappa shape index (κ2) is 6.06. The Labute approximate surface area is 125 Å². The predicted molar refractivity (Wildman–Crippen MR) is 81.6 cm³/mol. The van der Waals surface area contributed by atoms with Crippen molar-refractivity contribution in [2.75, 3.05) is 0 Å². The number of thioether (sulfide) groups is 1. The van der Waals surface area contributed by atoms with Crippen LogP contribution in [0.3, 0.4) is 0 Å². The van der Waals surface area contributed by atoms with Gasteiger partial charge in [-0.2, -0.15) is 16.7 Å². The molecule has 2 unspecified atom stereocenters. The van der Waals surface area contributed by atoms with Crippen LogP contribution in [0.15, 0.2) is 4.52 Å². The summed E-state index contributed by atoms with van der Waals surface area (Å²) in [4.78, 5) is 4.62. The number of aromatic nitrogens is 2. The number of nitrogens with two attached hydrogens (primary N) is 1. The molecule has 0 amide bonds. The summed E-state index contributed by atoms with van der Waals surface area (Å²) in [6, 6.07) is 0.154. The van der Waals surface area contributed by atoms with Crippen LogP contribution in [0, 0.1) is 0 Å². The largest absolute Gasteiger partial charge is 0.339 e. The minimum atomic E-state index is -0.110. The molecular formula is C15H25N3OS. The topological polar surface area (TPSA) is 64.9 Å². The molecule has 0 radical (unpaired) electrons. The van der Waals surface area contributed by atoms with E-state index in [-0.39, 0.29) is 11.5 Å². The molecule has 4 nitrogen and oxygen atoms in total. The van der Waals surface area contributed by atoms with E-state index in [1.807, 2.05) is 11.8 Å². The maximum absolute atomic E-state index is 6.21. The van der Waals surface area contributed by atoms with Gasteiger partial charge in [0.05, 0.1) is 11.2 Å². The molecule has 2 saturated carbocycles. The van der Waals surface area contributed by atoms with Crippen LogP contribution >= 0.6 is 11.8 Å². The van der Waals surface area contributed by atoms with Gasteiger partial charge in [0, 0.05) is 11.3 Å². The number of hydrogen-bond donors (Lipinski definition) is 1. The van der Waals surface area contributed by atoms with Crippen LogP contribution in [0.4, 0.5) is 0 Å². The lowest BCUT2D eigenvalue weighted by molar-refractivity contribution is 0.277. The highest BCUT2D eigenvalue weighted by Gasteiger charge is 2.42. The zero-order chi connectivity index (χ0) is 14.0.